The summed E-state index contributed by atoms with van der Waals surface area (Å²) in [6.45, 7) is 7.05. The molecule has 0 aliphatic rings. The molecule has 2 aromatic carbocycles. The van der Waals surface area contributed by atoms with E-state index in [1.165, 1.54) is 18.2 Å². The van der Waals surface area contributed by atoms with Gasteiger partial charge in [0.05, 0.1) is 23.5 Å². The van der Waals surface area contributed by atoms with E-state index in [0.29, 0.717) is 5.56 Å². The molecule has 2 aromatic rings. The number of nitro groups is 1. The van der Waals surface area contributed by atoms with Crippen molar-refractivity contribution in [3.8, 4) is 0 Å². The second-order valence-corrected chi connectivity index (χ2v) is 6.94. The van der Waals surface area contributed by atoms with Gasteiger partial charge >= 0.3 is 5.97 Å². The minimum atomic E-state index is -0.611. The van der Waals surface area contributed by atoms with Gasteiger partial charge in [-0.1, -0.05) is 35.9 Å². The van der Waals surface area contributed by atoms with Gasteiger partial charge < -0.3 is 10.1 Å². The zero-order valence-corrected chi connectivity index (χ0v) is 16.4. The predicted molar refractivity (Wildman–Crippen MR) is 105 cm³/mol. The maximum Gasteiger partial charge on any atom is 0.308 e. The number of esters is 1. The fraction of sp³-hybridized carbons (Fsp3) is 0.333. The summed E-state index contributed by atoms with van der Waals surface area (Å²) in [6.07, 6.45) is -0.303. The summed E-state index contributed by atoms with van der Waals surface area (Å²) in [5.74, 6) is -0.929. The molecule has 0 aromatic heterocycles. The van der Waals surface area contributed by atoms with Crippen LogP contribution in [0.3, 0.4) is 0 Å². The molecule has 7 heteroatoms. The van der Waals surface area contributed by atoms with Crippen molar-refractivity contribution >= 4 is 17.6 Å². The Hall–Kier alpha value is -3.22. The Morgan fingerprint density at radius 3 is 2.32 bits per heavy atom. The number of nitrogens with zero attached hydrogens (tertiary/aromatic N) is 1. The van der Waals surface area contributed by atoms with Crippen LogP contribution in [-0.4, -0.2) is 22.9 Å². The third-order valence-corrected chi connectivity index (χ3v) is 4.19. The molecule has 148 valence electrons. The third kappa shape index (κ3) is 5.64. The van der Waals surface area contributed by atoms with Crippen molar-refractivity contribution in [1.29, 1.82) is 0 Å². The van der Waals surface area contributed by atoms with E-state index in [2.05, 4.69) is 5.32 Å². The molecule has 0 bridgehead atoms. The molecule has 0 saturated heterocycles. The molecule has 0 fully saturated rings. The van der Waals surface area contributed by atoms with Gasteiger partial charge in [-0.25, -0.2) is 0 Å². The molecule has 0 saturated carbocycles. The van der Waals surface area contributed by atoms with Crippen LogP contribution in [0.5, 0.6) is 0 Å². The summed E-state index contributed by atoms with van der Waals surface area (Å²) >= 11 is 0. The molecule has 0 aliphatic carbocycles. The van der Waals surface area contributed by atoms with Crippen LogP contribution in [0.4, 0.5) is 5.69 Å². The van der Waals surface area contributed by atoms with Gasteiger partial charge in [0.25, 0.3) is 11.6 Å². The third-order valence-electron chi connectivity index (χ3n) is 4.19. The Balaban J connectivity index is 2.27. The second-order valence-electron chi connectivity index (χ2n) is 6.94. The lowest BCUT2D eigenvalue weighted by molar-refractivity contribution is -0.385. The number of rotatable bonds is 7. The standard InChI is InChI=1S/C21H24N2O5/c1-13(2)28-20(24)12-18(16-8-5-14(3)6-9-16)22-21(25)17-10-7-15(4)19(11-17)23(26)27/h5-11,13,18H,12H2,1-4H3,(H,22,25). The van der Waals surface area contributed by atoms with E-state index in [-0.39, 0.29) is 23.8 Å². The molecule has 7 nitrogen and oxygen atoms in total. The van der Waals surface area contributed by atoms with Gasteiger partial charge in [-0.3, -0.25) is 19.7 Å². The fourth-order valence-corrected chi connectivity index (χ4v) is 2.72. The number of carbonyl (C=O) groups excluding carboxylic acids is 2. The van der Waals surface area contributed by atoms with Crippen LogP contribution in [0.2, 0.25) is 0 Å². The van der Waals surface area contributed by atoms with Crippen LogP contribution in [-0.2, 0) is 9.53 Å². The summed E-state index contributed by atoms with van der Waals surface area (Å²) in [5.41, 5.74) is 2.30. The number of benzene rings is 2. The topological polar surface area (TPSA) is 98.5 Å². The van der Waals surface area contributed by atoms with Crippen molar-refractivity contribution in [2.24, 2.45) is 0 Å². The molecule has 1 unspecified atom stereocenters. The first-order valence-corrected chi connectivity index (χ1v) is 8.99. The highest BCUT2D eigenvalue weighted by atomic mass is 16.6. The van der Waals surface area contributed by atoms with Gasteiger partial charge in [-0.05, 0) is 39.3 Å². The predicted octanol–water partition coefficient (Wildman–Crippen LogP) is 4.02. The zero-order chi connectivity index (χ0) is 20.8. The molecule has 28 heavy (non-hydrogen) atoms. The van der Waals surface area contributed by atoms with E-state index >= 15 is 0 Å². The highest BCUT2D eigenvalue weighted by molar-refractivity contribution is 5.95. The van der Waals surface area contributed by atoms with E-state index in [4.69, 9.17) is 4.74 Å². The molecule has 0 heterocycles. The van der Waals surface area contributed by atoms with Crippen molar-refractivity contribution in [3.63, 3.8) is 0 Å². The summed E-state index contributed by atoms with van der Waals surface area (Å²) < 4.78 is 5.20. The van der Waals surface area contributed by atoms with Crippen molar-refractivity contribution in [3.05, 3.63) is 74.8 Å². The molecule has 1 N–H and O–H groups in total. The van der Waals surface area contributed by atoms with E-state index in [1.54, 1.807) is 20.8 Å². The number of nitrogens with one attached hydrogen (secondary N) is 1. The van der Waals surface area contributed by atoms with Gasteiger partial charge in [0.15, 0.2) is 0 Å². The van der Waals surface area contributed by atoms with Gasteiger partial charge in [0.2, 0.25) is 0 Å². The number of hydrogen-bond acceptors (Lipinski definition) is 5. The number of ether oxygens (including phenoxy) is 1. The normalized spacial score (nSPS) is 11.8. The SMILES string of the molecule is Cc1ccc(C(CC(=O)OC(C)C)NC(=O)c2ccc(C)c([N+](=O)[O-])c2)cc1. The fourth-order valence-electron chi connectivity index (χ4n) is 2.72. The highest BCUT2D eigenvalue weighted by Gasteiger charge is 2.22. The molecule has 2 rings (SSSR count). The van der Waals surface area contributed by atoms with E-state index < -0.39 is 22.8 Å². The van der Waals surface area contributed by atoms with Crippen LogP contribution in [0.1, 0.15) is 53.4 Å². The Morgan fingerprint density at radius 1 is 1.11 bits per heavy atom. The van der Waals surface area contributed by atoms with Gasteiger partial charge in [0, 0.05) is 17.2 Å². The van der Waals surface area contributed by atoms with E-state index in [1.807, 2.05) is 31.2 Å². The molecule has 1 atom stereocenters. The van der Waals surface area contributed by atoms with Gasteiger partial charge in [-0.15, -0.1) is 0 Å². The lowest BCUT2D eigenvalue weighted by Crippen LogP contribution is -2.31. The first-order chi connectivity index (χ1) is 13.2. The summed E-state index contributed by atoms with van der Waals surface area (Å²) in [6, 6.07) is 11.1. The number of carbonyl (C=O) groups is 2. The van der Waals surface area contributed by atoms with Crippen molar-refractivity contribution in [2.45, 2.75) is 46.3 Å². The maximum atomic E-state index is 12.7. The molecule has 0 aliphatic heterocycles. The van der Waals surface area contributed by atoms with E-state index in [0.717, 1.165) is 11.1 Å². The quantitative estimate of drug-likeness (QED) is 0.441. The molecular weight excluding hydrogens is 360 g/mol. The first-order valence-electron chi connectivity index (χ1n) is 8.99. The van der Waals surface area contributed by atoms with Crippen LogP contribution in [0, 0.1) is 24.0 Å². The Labute approximate surface area is 163 Å². The average Bonchev–Trinajstić information content (AvgIpc) is 2.61. The first kappa shape index (κ1) is 21.1. The summed E-state index contributed by atoms with van der Waals surface area (Å²) in [7, 11) is 0. The number of nitro benzene ring substituents is 1. The highest BCUT2D eigenvalue weighted by Crippen LogP contribution is 2.22. The molecule has 0 radical (unpaired) electrons. The van der Waals surface area contributed by atoms with E-state index in [9.17, 15) is 19.7 Å². The lowest BCUT2D eigenvalue weighted by Gasteiger charge is -2.20. The Morgan fingerprint density at radius 2 is 1.75 bits per heavy atom. The lowest BCUT2D eigenvalue weighted by atomic mass is 10.0. The van der Waals surface area contributed by atoms with Gasteiger partial charge in [-0.2, -0.15) is 0 Å². The smallest absolute Gasteiger partial charge is 0.308 e. The van der Waals surface area contributed by atoms with Crippen LogP contribution in [0.15, 0.2) is 42.5 Å². The molecular formula is C21H24N2O5. The van der Waals surface area contributed by atoms with Crippen LogP contribution in [0.25, 0.3) is 0 Å². The molecule has 0 spiro atoms. The van der Waals surface area contributed by atoms with Crippen molar-refractivity contribution < 1.29 is 19.2 Å². The number of hydrogen-bond donors (Lipinski definition) is 1. The monoisotopic (exact) mass is 384 g/mol. The minimum absolute atomic E-state index is 0.0407. The Kier molecular flexibility index (Phi) is 6.87. The number of aryl methyl sites for hydroxylation is 2. The summed E-state index contributed by atoms with van der Waals surface area (Å²) in [4.78, 5) is 35.5. The average molecular weight is 384 g/mol. The Bertz CT molecular complexity index is 875. The zero-order valence-electron chi connectivity index (χ0n) is 16.4. The van der Waals surface area contributed by atoms with Crippen LogP contribution >= 0.6 is 0 Å². The summed E-state index contributed by atoms with van der Waals surface area (Å²) in [5, 5.41) is 13.9. The largest absolute Gasteiger partial charge is 0.463 e. The van der Waals surface area contributed by atoms with Crippen LogP contribution < -0.4 is 5.32 Å². The number of amides is 1. The maximum absolute atomic E-state index is 12.7. The minimum Gasteiger partial charge on any atom is -0.463 e. The van der Waals surface area contributed by atoms with Crippen molar-refractivity contribution in [1.82, 2.24) is 5.32 Å². The molecule has 1 amide bonds. The van der Waals surface area contributed by atoms with Crippen molar-refractivity contribution in [2.75, 3.05) is 0 Å². The second kappa shape index (κ2) is 9.12. The van der Waals surface area contributed by atoms with Gasteiger partial charge in [0.1, 0.15) is 0 Å².